The first-order valence-electron chi connectivity index (χ1n) is 12.6. The standard InChI is InChI=1S/C30H34N4O3/c1-6-23-12-14-24(15-13-23)31-30(36)33(17-18-37-5)22(4)28-32-27-10-8-7-9-26(27)29(35)34(28)25-16-11-20(2)21(3)19-25/h7-16,19,22H,6,17-18H2,1-5H3,(H,31,36). The van der Waals surface area contributed by atoms with Gasteiger partial charge in [-0.05, 0) is 80.3 Å². The fourth-order valence-corrected chi connectivity index (χ4v) is 4.36. The van der Waals surface area contributed by atoms with E-state index in [0.29, 0.717) is 35.6 Å². The highest BCUT2D eigenvalue weighted by Crippen LogP contribution is 2.25. The number of urea groups is 1. The topological polar surface area (TPSA) is 76.5 Å². The third-order valence-corrected chi connectivity index (χ3v) is 6.80. The number of rotatable bonds is 8. The smallest absolute Gasteiger partial charge is 0.322 e. The van der Waals surface area contributed by atoms with E-state index in [0.717, 1.165) is 23.2 Å². The number of nitrogens with one attached hydrogen (secondary N) is 1. The number of hydrogen-bond donors (Lipinski definition) is 1. The van der Waals surface area contributed by atoms with Crippen LogP contribution < -0.4 is 10.9 Å². The molecular formula is C30H34N4O3. The van der Waals surface area contributed by atoms with Crippen LogP contribution in [0.3, 0.4) is 0 Å². The molecule has 7 heteroatoms. The molecule has 2 amide bonds. The molecule has 0 bridgehead atoms. The van der Waals surface area contributed by atoms with Crippen LogP contribution in [0.5, 0.6) is 0 Å². The Labute approximate surface area is 217 Å². The Morgan fingerprint density at radius 2 is 1.78 bits per heavy atom. The van der Waals surface area contributed by atoms with Crippen molar-refractivity contribution in [1.29, 1.82) is 0 Å². The highest BCUT2D eigenvalue weighted by atomic mass is 16.5. The summed E-state index contributed by atoms with van der Waals surface area (Å²) in [5, 5.41) is 3.53. The molecule has 0 saturated heterocycles. The maximum absolute atomic E-state index is 13.8. The fourth-order valence-electron chi connectivity index (χ4n) is 4.36. The molecule has 3 aromatic carbocycles. The van der Waals surface area contributed by atoms with Crippen molar-refractivity contribution in [2.24, 2.45) is 0 Å². The number of amides is 2. The molecule has 0 spiro atoms. The molecule has 1 N–H and O–H groups in total. The lowest BCUT2D eigenvalue weighted by atomic mass is 10.1. The average Bonchev–Trinajstić information content (AvgIpc) is 2.91. The molecule has 37 heavy (non-hydrogen) atoms. The predicted octanol–water partition coefficient (Wildman–Crippen LogP) is 5.81. The maximum Gasteiger partial charge on any atom is 0.322 e. The third kappa shape index (κ3) is 5.57. The monoisotopic (exact) mass is 498 g/mol. The van der Waals surface area contributed by atoms with Gasteiger partial charge in [-0.3, -0.25) is 9.36 Å². The van der Waals surface area contributed by atoms with E-state index in [9.17, 15) is 9.59 Å². The van der Waals surface area contributed by atoms with Gasteiger partial charge >= 0.3 is 6.03 Å². The van der Waals surface area contributed by atoms with Gasteiger partial charge < -0.3 is 15.0 Å². The first-order chi connectivity index (χ1) is 17.8. The number of anilines is 1. The quantitative estimate of drug-likeness (QED) is 0.333. The van der Waals surface area contributed by atoms with Gasteiger partial charge in [-0.15, -0.1) is 0 Å². The largest absolute Gasteiger partial charge is 0.383 e. The first-order valence-corrected chi connectivity index (χ1v) is 12.6. The summed E-state index contributed by atoms with van der Waals surface area (Å²) >= 11 is 0. The Balaban J connectivity index is 1.81. The highest BCUT2D eigenvalue weighted by Gasteiger charge is 2.27. The van der Waals surface area contributed by atoms with E-state index in [1.54, 1.807) is 22.6 Å². The van der Waals surface area contributed by atoms with E-state index < -0.39 is 6.04 Å². The zero-order valence-corrected chi connectivity index (χ0v) is 22.1. The van der Waals surface area contributed by atoms with Crippen LogP contribution in [0, 0.1) is 13.8 Å². The summed E-state index contributed by atoms with van der Waals surface area (Å²) in [6.45, 7) is 8.70. The molecule has 0 saturated carbocycles. The first kappa shape index (κ1) is 26.1. The minimum atomic E-state index is -0.524. The average molecular weight is 499 g/mol. The zero-order chi connectivity index (χ0) is 26.5. The molecule has 1 unspecified atom stereocenters. The van der Waals surface area contributed by atoms with Crippen LogP contribution in [-0.2, 0) is 11.2 Å². The molecule has 0 fully saturated rings. The van der Waals surface area contributed by atoms with Crippen molar-refractivity contribution in [2.75, 3.05) is 25.6 Å². The SMILES string of the molecule is CCc1ccc(NC(=O)N(CCOC)C(C)c2nc3ccccc3c(=O)n2-c2ccc(C)c(C)c2)cc1. The number of methoxy groups -OCH3 is 1. The van der Waals surface area contributed by atoms with Crippen molar-refractivity contribution in [3.63, 3.8) is 0 Å². The van der Waals surface area contributed by atoms with Crippen molar-refractivity contribution in [3.05, 3.63) is 99.6 Å². The van der Waals surface area contributed by atoms with Crippen LogP contribution in [0.15, 0.2) is 71.5 Å². The minimum Gasteiger partial charge on any atom is -0.383 e. The van der Waals surface area contributed by atoms with Crippen LogP contribution in [0.4, 0.5) is 10.5 Å². The van der Waals surface area contributed by atoms with Crippen molar-refractivity contribution in [1.82, 2.24) is 14.5 Å². The predicted molar refractivity (Wildman–Crippen MR) is 149 cm³/mol. The number of aromatic nitrogens is 2. The molecule has 1 aromatic heterocycles. The van der Waals surface area contributed by atoms with E-state index in [1.165, 1.54) is 5.56 Å². The number of fused-ring (bicyclic) bond motifs is 1. The molecule has 0 radical (unpaired) electrons. The van der Waals surface area contributed by atoms with Gasteiger partial charge in [0, 0.05) is 19.3 Å². The number of benzene rings is 3. The highest BCUT2D eigenvalue weighted by molar-refractivity contribution is 5.89. The number of carbonyl (C=O) groups excluding carboxylic acids is 1. The van der Waals surface area contributed by atoms with Gasteiger partial charge in [-0.25, -0.2) is 9.78 Å². The third-order valence-electron chi connectivity index (χ3n) is 6.80. The van der Waals surface area contributed by atoms with Gasteiger partial charge in [0.1, 0.15) is 5.82 Å². The summed E-state index contributed by atoms with van der Waals surface area (Å²) in [4.78, 5) is 33.9. The molecular weight excluding hydrogens is 464 g/mol. The summed E-state index contributed by atoms with van der Waals surface area (Å²) < 4.78 is 6.94. The van der Waals surface area contributed by atoms with Crippen molar-refractivity contribution in [3.8, 4) is 5.69 Å². The molecule has 4 rings (SSSR count). The van der Waals surface area contributed by atoms with Crippen molar-refractivity contribution < 1.29 is 9.53 Å². The van der Waals surface area contributed by atoms with Gasteiger partial charge in [-0.2, -0.15) is 0 Å². The Kier molecular flexibility index (Phi) is 8.04. The number of nitrogens with zero attached hydrogens (tertiary/aromatic N) is 3. The normalized spacial score (nSPS) is 11.9. The lowest BCUT2D eigenvalue weighted by Crippen LogP contribution is -2.41. The summed E-state index contributed by atoms with van der Waals surface area (Å²) in [5.74, 6) is 0.486. The molecule has 7 nitrogen and oxygen atoms in total. The fraction of sp³-hybridized carbons (Fsp3) is 0.300. The van der Waals surface area contributed by atoms with Gasteiger partial charge in [0.25, 0.3) is 5.56 Å². The molecule has 4 aromatic rings. The Bertz CT molecular complexity index is 1460. The van der Waals surface area contributed by atoms with E-state index in [4.69, 9.17) is 9.72 Å². The van der Waals surface area contributed by atoms with Crippen LogP contribution in [-0.4, -0.2) is 40.7 Å². The number of hydrogen-bond acceptors (Lipinski definition) is 4. The van der Waals surface area contributed by atoms with Crippen LogP contribution in [0.1, 0.15) is 42.4 Å². The molecule has 1 atom stereocenters. The molecule has 1 heterocycles. The second kappa shape index (κ2) is 11.4. The second-order valence-electron chi connectivity index (χ2n) is 9.24. The van der Waals surface area contributed by atoms with E-state index in [2.05, 4.69) is 12.2 Å². The van der Waals surface area contributed by atoms with Gasteiger partial charge in [0.2, 0.25) is 0 Å². The summed E-state index contributed by atoms with van der Waals surface area (Å²) in [5.41, 5.74) is 5.25. The zero-order valence-electron chi connectivity index (χ0n) is 22.1. The summed E-state index contributed by atoms with van der Waals surface area (Å²) in [6, 6.07) is 20.2. The van der Waals surface area contributed by atoms with E-state index >= 15 is 0 Å². The Hall–Kier alpha value is -3.97. The van der Waals surface area contributed by atoms with Crippen molar-refractivity contribution in [2.45, 2.75) is 40.2 Å². The summed E-state index contributed by atoms with van der Waals surface area (Å²) in [7, 11) is 1.60. The van der Waals surface area contributed by atoms with E-state index in [1.807, 2.05) is 81.4 Å². The number of carbonyl (C=O) groups is 1. The van der Waals surface area contributed by atoms with Crippen LogP contribution >= 0.6 is 0 Å². The number of ether oxygens (including phenoxy) is 1. The van der Waals surface area contributed by atoms with Gasteiger partial charge in [0.15, 0.2) is 0 Å². The molecule has 0 aliphatic rings. The molecule has 0 aliphatic carbocycles. The number of aryl methyl sites for hydroxylation is 3. The van der Waals surface area contributed by atoms with E-state index in [-0.39, 0.29) is 11.6 Å². The number of para-hydroxylation sites is 1. The summed E-state index contributed by atoms with van der Waals surface area (Å²) in [6.07, 6.45) is 0.925. The molecule has 0 aliphatic heterocycles. The maximum atomic E-state index is 13.8. The van der Waals surface area contributed by atoms with Gasteiger partial charge in [-0.1, -0.05) is 37.3 Å². The lowest BCUT2D eigenvalue weighted by molar-refractivity contribution is 0.137. The van der Waals surface area contributed by atoms with Crippen LogP contribution in [0.2, 0.25) is 0 Å². The van der Waals surface area contributed by atoms with Crippen molar-refractivity contribution >= 4 is 22.6 Å². The Morgan fingerprint density at radius 3 is 2.46 bits per heavy atom. The second-order valence-corrected chi connectivity index (χ2v) is 9.24. The minimum absolute atomic E-state index is 0.169. The lowest BCUT2D eigenvalue weighted by Gasteiger charge is -2.30. The Morgan fingerprint density at radius 1 is 1.05 bits per heavy atom. The molecule has 192 valence electrons. The van der Waals surface area contributed by atoms with Crippen LogP contribution in [0.25, 0.3) is 16.6 Å². The van der Waals surface area contributed by atoms with Gasteiger partial charge in [0.05, 0.1) is 29.2 Å².